The van der Waals surface area contributed by atoms with Crippen LogP contribution in [0.1, 0.15) is 27.2 Å². The zero-order chi connectivity index (χ0) is 14.7. The number of nitrogens with zero attached hydrogens (tertiary/aromatic N) is 1. The van der Waals surface area contributed by atoms with Gasteiger partial charge in [0.1, 0.15) is 5.70 Å². The molecule has 3 atom stereocenters. The minimum absolute atomic E-state index is 0.242. The molecule has 0 aromatic heterocycles. The number of allylic oxidation sites excluding steroid dienone is 1. The summed E-state index contributed by atoms with van der Waals surface area (Å²) in [6, 6.07) is -0.242. The summed E-state index contributed by atoms with van der Waals surface area (Å²) >= 11 is 0. The van der Waals surface area contributed by atoms with Gasteiger partial charge in [-0.25, -0.2) is 4.79 Å². The Morgan fingerprint density at radius 1 is 1.58 bits per heavy atom. The van der Waals surface area contributed by atoms with Gasteiger partial charge in [0.2, 0.25) is 5.91 Å². The summed E-state index contributed by atoms with van der Waals surface area (Å²) in [4.78, 5) is 25.4. The lowest BCUT2D eigenvalue weighted by Gasteiger charge is -2.48. The van der Waals surface area contributed by atoms with Crippen molar-refractivity contribution in [1.82, 2.24) is 4.90 Å². The third kappa shape index (κ3) is 2.71. The number of esters is 1. The van der Waals surface area contributed by atoms with E-state index in [0.717, 1.165) is 0 Å². The van der Waals surface area contributed by atoms with Gasteiger partial charge in [-0.2, -0.15) is 0 Å². The van der Waals surface area contributed by atoms with E-state index in [0.29, 0.717) is 12.0 Å². The van der Waals surface area contributed by atoms with Gasteiger partial charge in [-0.15, -0.1) is 6.58 Å². The molecule has 1 rings (SSSR count). The number of methoxy groups -OCH3 is 1. The monoisotopic (exact) mass is 267 g/mol. The van der Waals surface area contributed by atoms with Gasteiger partial charge in [0.15, 0.2) is 0 Å². The van der Waals surface area contributed by atoms with Gasteiger partial charge in [0.05, 0.1) is 25.2 Å². The van der Waals surface area contributed by atoms with Gasteiger partial charge in [-0.3, -0.25) is 4.79 Å². The molecule has 0 saturated carbocycles. The molecule has 5 nitrogen and oxygen atoms in total. The average molecular weight is 267 g/mol. The van der Waals surface area contributed by atoms with Gasteiger partial charge in [-0.1, -0.05) is 6.08 Å². The molecule has 1 N–H and O–H groups in total. The van der Waals surface area contributed by atoms with Crippen molar-refractivity contribution in [3.63, 3.8) is 0 Å². The maximum atomic E-state index is 12.1. The summed E-state index contributed by atoms with van der Waals surface area (Å²) in [5.74, 6) is -1.27. The van der Waals surface area contributed by atoms with Gasteiger partial charge >= 0.3 is 5.97 Å². The molecule has 0 unspecified atom stereocenters. The number of hydrogen-bond acceptors (Lipinski definition) is 4. The first-order chi connectivity index (χ1) is 8.86. The van der Waals surface area contributed by atoms with Crippen molar-refractivity contribution < 1.29 is 19.4 Å². The number of aliphatic hydroxyl groups excluding tert-OH is 1. The van der Waals surface area contributed by atoms with Crippen molar-refractivity contribution in [2.24, 2.45) is 5.92 Å². The molecule has 106 valence electrons. The maximum Gasteiger partial charge on any atom is 0.354 e. The van der Waals surface area contributed by atoms with Crippen LogP contribution in [-0.4, -0.2) is 41.1 Å². The lowest BCUT2D eigenvalue weighted by Crippen LogP contribution is -2.64. The molecule has 1 aliphatic heterocycles. The van der Waals surface area contributed by atoms with Crippen LogP contribution in [0.4, 0.5) is 0 Å². The van der Waals surface area contributed by atoms with Crippen LogP contribution in [0.15, 0.2) is 23.9 Å². The fourth-order valence-electron chi connectivity index (χ4n) is 2.43. The molecule has 1 saturated heterocycles. The molecular weight excluding hydrogens is 246 g/mol. The molecule has 1 aliphatic rings. The highest BCUT2D eigenvalue weighted by atomic mass is 16.5. The first-order valence-corrected chi connectivity index (χ1v) is 6.24. The van der Waals surface area contributed by atoms with Gasteiger partial charge in [0.25, 0.3) is 0 Å². The Bertz CT molecular complexity index is 421. The van der Waals surface area contributed by atoms with Crippen molar-refractivity contribution >= 4 is 11.9 Å². The third-order valence-corrected chi connectivity index (χ3v) is 3.29. The number of carbonyl (C=O) groups excluding carboxylic acids is 2. The Morgan fingerprint density at radius 3 is 2.53 bits per heavy atom. The Morgan fingerprint density at radius 2 is 2.16 bits per heavy atom. The second-order valence-corrected chi connectivity index (χ2v) is 4.91. The molecule has 0 aromatic carbocycles. The number of likely N-dealkylation sites (tertiary alicyclic amines) is 1. The standard InChI is InChI=1S/C14H21NO4/c1-6-7-10-11(9(4)16)13(17)15(10)12(8(2)3)14(18)19-5/h6,9-11,16H,1,7H2,2-5H3/t9-,10-,11-/m1/s1. The highest BCUT2D eigenvalue weighted by molar-refractivity contribution is 5.98. The van der Waals surface area contributed by atoms with Crippen molar-refractivity contribution in [2.45, 2.75) is 39.3 Å². The van der Waals surface area contributed by atoms with Crippen LogP contribution in [-0.2, 0) is 14.3 Å². The van der Waals surface area contributed by atoms with E-state index in [-0.39, 0.29) is 17.6 Å². The summed E-state index contributed by atoms with van der Waals surface area (Å²) in [7, 11) is 1.28. The molecular formula is C14H21NO4. The zero-order valence-electron chi connectivity index (χ0n) is 11.8. The lowest BCUT2D eigenvalue weighted by molar-refractivity contribution is -0.164. The van der Waals surface area contributed by atoms with E-state index in [1.165, 1.54) is 12.0 Å². The van der Waals surface area contributed by atoms with E-state index < -0.39 is 18.0 Å². The summed E-state index contributed by atoms with van der Waals surface area (Å²) in [6.07, 6.45) is 1.46. The molecule has 0 bridgehead atoms. The number of rotatable bonds is 5. The highest BCUT2D eigenvalue weighted by Crippen LogP contribution is 2.36. The van der Waals surface area contributed by atoms with E-state index in [2.05, 4.69) is 6.58 Å². The van der Waals surface area contributed by atoms with E-state index in [1.54, 1.807) is 26.8 Å². The molecule has 5 heteroatoms. The predicted octanol–water partition coefficient (Wildman–Crippen LogP) is 1.24. The molecule has 0 radical (unpaired) electrons. The number of hydrogen-bond donors (Lipinski definition) is 1. The van der Waals surface area contributed by atoms with Crippen LogP contribution < -0.4 is 0 Å². The minimum atomic E-state index is -0.746. The maximum absolute atomic E-state index is 12.1. The van der Waals surface area contributed by atoms with E-state index in [1.807, 2.05) is 0 Å². The Balaban J connectivity index is 3.11. The van der Waals surface area contributed by atoms with E-state index in [4.69, 9.17) is 4.74 Å². The van der Waals surface area contributed by atoms with Crippen molar-refractivity contribution in [3.05, 3.63) is 23.9 Å². The van der Waals surface area contributed by atoms with Crippen molar-refractivity contribution in [1.29, 1.82) is 0 Å². The zero-order valence-corrected chi connectivity index (χ0v) is 11.8. The summed E-state index contributed by atoms with van der Waals surface area (Å²) < 4.78 is 4.72. The Labute approximate surface area is 113 Å². The molecule has 0 spiro atoms. The SMILES string of the molecule is C=CC[C@@H]1[C@@H]([C@@H](C)O)C(=O)N1C(C(=O)OC)=C(C)C. The molecule has 19 heavy (non-hydrogen) atoms. The molecule has 0 aromatic rings. The molecule has 1 amide bonds. The van der Waals surface area contributed by atoms with E-state index in [9.17, 15) is 14.7 Å². The quantitative estimate of drug-likeness (QED) is 0.352. The molecule has 1 fully saturated rings. The largest absolute Gasteiger partial charge is 0.464 e. The predicted molar refractivity (Wildman–Crippen MR) is 71.0 cm³/mol. The summed E-state index contributed by atoms with van der Waals surface area (Å²) in [5.41, 5.74) is 0.967. The Hall–Kier alpha value is -1.62. The summed E-state index contributed by atoms with van der Waals surface area (Å²) in [5, 5.41) is 9.66. The van der Waals surface area contributed by atoms with Gasteiger partial charge in [-0.05, 0) is 32.8 Å². The second-order valence-electron chi connectivity index (χ2n) is 4.91. The topological polar surface area (TPSA) is 66.8 Å². The van der Waals surface area contributed by atoms with Crippen LogP contribution in [0.3, 0.4) is 0 Å². The first kappa shape index (κ1) is 15.4. The fraction of sp³-hybridized carbons (Fsp3) is 0.571. The molecule has 1 heterocycles. The van der Waals surface area contributed by atoms with Crippen LogP contribution in [0, 0.1) is 5.92 Å². The van der Waals surface area contributed by atoms with Gasteiger partial charge in [0, 0.05) is 0 Å². The number of amides is 1. The minimum Gasteiger partial charge on any atom is -0.464 e. The number of ether oxygens (including phenoxy) is 1. The number of aliphatic hydroxyl groups is 1. The Kier molecular flexibility index (Phi) is 4.89. The van der Waals surface area contributed by atoms with Crippen LogP contribution in [0.5, 0.6) is 0 Å². The number of carbonyl (C=O) groups is 2. The first-order valence-electron chi connectivity index (χ1n) is 6.24. The van der Waals surface area contributed by atoms with Crippen LogP contribution in [0.2, 0.25) is 0 Å². The fourth-order valence-corrected chi connectivity index (χ4v) is 2.43. The second kappa shape index (κ2) is 6.02. The van der Waals surface area contributed by atoms with Gasteiger partial charge < -0.3 is 14.7 Å². The van der Waals surface area contributed by atoms with Crippen LogP contribution >= 0.6 is 0 Å². The normalized spacial score (nSPS) is 23.4. The third-order valence-electron chi connectivity index (χ3n) is 3.29. The highest BCUT2D eigenvalue weighted by Gasteiger charge is 2.51. The van der Waals surface area contributed by atoms with E-state index >= 15 is 0 Å². The van der Waals surface area contributed by atoms with Crippen molar-refractivity contribution in [2.75, 3.05) is 7.11 Å². The molecule has 0 aliphatic carbocycles. The summed E-state index contributed by atoms with van der Waals surface area (Å²) in [6.45, 7) is 8.73. The lowest BCUT2D eigenvalue weighted by atomic mass is 9.80. The smallest absolute Gasteiger partial charge is 0.354 e. The van der Waals surface area contributed by atoms with Crippen molar-refractivity contribution in [3.8, 4) is 0 Å². The average Bonchev–Trinajstić information content (AvgIpc) is 2.33. The number of β-lactam (4-membered cyclic amide) rings is 1. The van der Waals surface area contributed by atoms with Crippen LogP contribution in [0.25, 0.3) is 0 Å².